The first kappa shape index (κ1) is 19.8. The summed E-state index contributed by atoms with van der Waals surface area (Å²) in [4.78, 5) is 17.3. The fourth-order valence-electron chi connectivity index (χ4n) is 3.06. The number of amides is 1. The highest BCUT2D eigenvalue weighted by molar-refractivity contribution is 7.14. The number of ether oxygens (including phenoxy) is 1. The van der Waals surface area contributed by atoms with Crippen molar-refractivity contribution in [2.45, 2.75) is 27.4 Å². The highest BCUT2D eigenvalue weighted by Gasteiger charge is 2.22. The second-order valence-electron chi connectivity index (χ2n) is 6.96. The highest BCUT2D eigenvalue weighted by atomic mass is 32.1. The van der Waals surface area contributed by atoms with Crippen LogP contribution in [0.15, 0.2) is 40.4 Å². The summed E-state index contributed by atoms with van der Waals surface area (Å²) in [6.45, 7) is 5.85. The molecule has 1 N–H and O–H groups in total. The molecule has 0 saturated carbocycles. The van der Waals surface area contributed by atoms with E-state index in [1.165, 1.54) is 11.3 Å². The molecule has 8 nitrogen and oxygen atoms in total. The van der Waals surface area contributed by atoms with E-state index in [0.717, 1.165) is 28.3 Å². The number of hydrogen-bond donors (Lipinski definition) is 1. The summed E-state index contributed by atoms with van der Waals surface area (Å²) in [7, 11) is 1.86. The van der Waals surface area contributed by atoms with Gasteiger partial charge in [-0.2, -0.15) is 5.10 Å². The molecule has 0 atom stereocenters. The molecule has 3 aromatic heterocycles. The topological polar surface area (TPSA) is 95.1 Å². The van der Waals surface area contributed by atoms with Crippen molar-refractivity contribution >= 4 is 22.4 Å². The summed E-state index contributed by atoms with van der Waals surface area (Å²) in [5.41, 5.74) is 4.46. The summed E-state index contributed by atoms with van der Waals surface area (Å²) in [6, 6.07) is 7.71. The van der Waals surface area contributed by atoms with Crippen LogP contribution in [0.4, 0.5) is 5.13 Å². The molecule has 0 bridgehead atoms. The maximum Gasteiger partial charge on any atom is 0.280 e. The Morgan fingerprint density at radius 3 is 2.87 bits per heavy atom. The van der Waals surface area contributed by atoms with Gasteiger partial charge in [0, 0.05) is 24.2 Å². The molecule has 0 aliphatic rings. The Morgan fingerprint density at radius 1 is 1.30 bits per heavy atom. The second-order valence-corrected chi connectivity index (χ2v) is 7.82. The standard InChI is InChI=1S/C21H21N5O3S/c1-12-6-5-7-15(8-12)28-10-17-14(3)29-25-19(17)20(27)23-21-22-18(11-30-21)16-9-26(4)24-13(16)2/h5-9,11H,10H2,1-4H3,(H,22,23,27). The van der Waals surface area contributed by atoms with Crippen molar-refractivity contribution in [3.8, 4) is 17.0 Å². The predicted octanol–water partition coefficient (Wildman–Crippen LogP) is 4.29. The molecule has 30 heavy (non-hydrogen) atoms. The van der Waals surface area contributed by atoms with Crippen molar-refractivity contribution in [3.05, 3.63) is 64.1 Å². The zero-order valence-electron chi connectivity index (χ0n) is 17.1. The second kappa shape index (κ2) is 8.11. The zero-order chi connectivity index (χ0) is 21.3. The van der Waals surface area contributed by atoms with Gasteiger partial charge >= 0.3 is 0 Å². The van der Waals surface area contributed by atoms with Crippen LogP contribution < -0.4 is 10.1 Å². The molecule has 1 aromatic carbocycles. The van der Waals surface area contributed by atoms with E-state index in [-0.39, 0.29) is 12.3 Å². The van der Waals surface area contributed by atoms with Crippen LogP contribution >= 0.6 is 11.3 Å². The van der Waals surface area contributed by atoms with Gasteiger partial charge in [0.1, 0.15) is 18.1 Å². The summed E-state index contributed by atoms with van der Waals surface area (Å²) < 4.78 is 12.8. The third kappa shape index (κ3) is 4.11. The number of rotatable bonds is 6. The Morgan fingerprint density at radius 2 is 2.13 bits per heavy atom. The number of nitrogens with one attached hydrogen (secondary N) is 1. The van der Waals surface area contributed by atoms with Gasteiger partial charge in [-0.25, -0.2) is 4.98 Å². The van der Waals surface area contributed by atoms with E-state index < -0.39 is 5.91 Å². The minimum atomic E-state index is -0.390. The highest BCUT2D eigenvalue weighted by Crippen LogP contribution is 2.27. The number of aromatic nitrogens is 4. The average Bonchev–Trinajstić information content (AvgIpc) is 3.39. The molecular formula is C21H21N5O3S. The van der Waals surface area contributed by atoms with Crippen LogP contribution in [-0.2, 0) is 13.7 Å². The average molecular weight is 423 g/mol. The van der Waals surface area contributed by atoms with Crippen molar-refractivity contribution in [2.24, 2.45) is 7.05 Å². The molecule has 0 saturated heterocycles. The van der Waals surface area contributed by atoms with Crippen molar-refractivity contribution in [3.63, 3.8) is 0 Å². The van der Waals surface area contributed by atoms with Crippen LogP contribution in [0.1, 0.15) is 33.1 Å². The Balaban J connectivity index is 1.49. The van der Waals surface area contributed by atoms with Crippen molar-refractivity contribution in [1.82, 2.24) is 19.9 Å². The van der Waals surface area contributed by atoms with Gasteiger partial charge in [-0.05, 0) is 38.5 Å². The number of thiazole rings is 1. The van der Waals surface area contributed by atoms with E-state index in [2.05, 4.69) is 20.6 Å². The molecular weight excluding hydrogens is 402 g/mol. The molecule has 4 rings (SSSR count). The molecule has 0 aliphatic heterocycles. The molecule has 9 heteroatoms. The minimum Gasteiger partial charge on any atom is -0.489 e. The predicted molar refractivity (Wildman–Crippen MR) is 114 cm³/mol. The normalized spacial score (nSPS) is 10.9. The lowest BCUT2D eigenvalue weighted by atomic mass is 10.2. The Kier molecular flexibility index (Phi) is 5.37. The molecule has 4 aromatic rings. The third-order valence-corrected chi connectivity index (χ3v) is 5.34. The summed E-state index contributed by atoms with van der Waals surface area (Å²) >= 11 is 1.34. The molecule has 0 radical (unpaired) electrons. The number of anilines is 1. The molecule has 0 spiro atoms. The molecule has 154 valence electrons. The number of aryl methyl sites for hydroxylation is 4. The van der Waals surface area contributed by atoms with E-state index in [1.807, 2.05) is 56.7 Å². The van der Waals surface area contributed by atoms with Crippen molar-refractivity contribution in [1.29, 1.82) is 0 Å². The van der Waals surface area contributed by atoms with Gasteiger partial charge in [0.25, 0.3) is 5.91 Å². The molecule has 0 aliphatic carbocycles. The van der Waals surface area contributed by atoms with Gasteiger partial charge in [-0.1, -0.05) is 17.3 Å². The van der Waals surface area contributed by atoms with E-state index >= 15 is 0 Å². The van der Waals surface area contributed by atoms with Gasteiger partial charge in [0.05, 0.1) is 17.0 Å². The molecule has 0 fully saturated rings. The lowest BCUT2D eigenvalue weighted by molar-refractivity contribution is 0.101. The fourth-order valence-corrected chi connectivity index (χ4v) is 3.77. The Labute approximate surface area is 177 Å². The van der Waals surface area contributed by atoms with Crippen LogP contribution in [-0.4, -0.2) is 25.8 Å². The lowest BCUT2D eigenvalue weighted by Crippen LogP contribution is -2.15. The largest absolute Gasteiger partial charge is 0.489 e. The summed E-state index contributed by atoms with van der Waals surface area (Å²) in [5, 5.41) is 13.4. The van der Waals surface area contributed by atoms with Gasteiger partial charge in [-0.15, -0.1) is 11.3 Å². The quantitative estimate of drug-likeness (QED) is 0.497. The lowest BCUT2D eigenvalue weighted by Gasteiger charge is -2.07. The maximum atomic E-state index is 12.8. The number of benzene rings is 1. The smallest absolute Gasteiger partial charge is 0.280 e. The monoisotopic (exact) mass is 423 g/mol. The van der Waals surface area contributed by atoms with Crippen LogP contribution in [0, 0.1) is 20.8 Å². The number of hydrogen-bond acceptors (Lipinski definition) is 7. The number of nitrogens with zero attached hydrogens (tertiary/aromatic N) is 4. The molecule has 3 heterocycles. The molecule has 0 unspecified atom stereocenters. The maximum absolute atomic E-state index is 12.8. The van der Waals surface area contributed by atoms with Crippen molar-refractivity contribution in [2.75, 3.05) is 5.32 Å². The fraction of sp³-hybridized carbons (Fsp3) is 0.238. The van der Waals surface area contributed by atoms with Gasteiger partial charge in [-0.3, -0.25) is 14.8 Å². The van der Waals surface area contributed by atoms with E-state index in [4.69, 9.17) is 9.26 Å². The number of carbonyl (C=O) groups is 1. The van der Waals surface area contributed by atoms with Gasteiger partial charge < -0.3 is 9.26 Å². The van der Waals surface area contributed by atoms with Crippen molar-refractivity contribution < 1.29 is 14.1 Å². The first-order valence-corrected chi connectivity index (χ1v) is 10.2. The third-order valence-electron chi connectivity index (χ3n) is 4.59. The molecule has 1 amide bonds. The van der Waals surface area contributed by atoms with Crippen LogP contribution in [0.3, 0.4) is 0 Å². The van der Waals surface area contributed by atoms with E-state index in [0.29, 0.717) is 16.5 Å². The van der Waals surface area contributed by atoms with Gasteiger partial charge in [0.15, 0.2) is 10.8 Å². The zero-order valence-corrected chi connectivity index (χ0v) is 17.9. The minimum absolute atomic E-state index is 0.180. The summed E-state index contributed by atoms with van der Waals surface area (Å²) in [5.74, 6) is 0.871. The Hall–Kier alpha value is -3.46. The van der Waals surface area contributed by atoms with Crippen LogP contribution in [0.5, 0.6) is 5.75 Å². The van der Waals surface area contributed by atoms with Crippen LogP contribution in [0.25, 0.3) is 11.3 Å². The van der Waals surface area contributed by atoms with Gasteiger partial charge in [0.2, 0.25) is 0 Å². The number of carbonyl (C=O) groups excluding carboxylic acids is 1. The summed E-state index contributed by atoms with van der Waals surface area (Å²) in [6.07, 6.45) is 1.90. The SMILES string of the molecule is Cc1cccc(OCc2c(C(=O)Nc3nc(-c4cn(C)nc4C)cs3)noc2C)c1. The van der Waals surface area contributed by atoms with E-state index in [9.17, 15) is 4.79 Å². The van der Waals surface area contributed by atoms with E-state index in [1.54, 1.807) is 11.6 Å². The first-order chi connectivity index (χ1) is 14.4. The van der Waals surface area contributed by atoms with Crippen LogP contribution in [0.2, 0.25) is 0 Å². The Bertz CT molecular complexity index is 1210. The first-order valence-electron chi connectivity index (χ1n) is 9.33.